The van der Waals surface area contributed by atoms with E-state index in [-0.39, 0.29) is 0 Å². The summed E-state index contributed by atoms with van der Waals surface area (Å²) in [7, 11) is 2.24. The standard InChI is InChI=1S/C18H30N2/c1-13-9-15(3)17(10-14(13)2)18(11-19)20(4)12-16-7-5-6-8-16/h9-10,16,18H,5-8,11-12,19H2,1-4H3. The summed E-state index contributed by atoms with van der Waals surface area (Å²) in [5.74, 6) is 0.876. The molecule has 112 valence electrons. The maximum absolute atomic E-state index is 6.10. The summed E-state index contributed by atoms with van der Waals surface area (Å²) in [6, 6.07) is 5.00. The van der Waals surface area contributed by atoms with Gasteiger partial charge in [-0.05, 0) is 68.8 Å². The molecule has 1 saturated carbocycles. The van der Waals surface area contributed by atoms with E-state index in [2.05, 4.69) is 44.9 Å². The molecule has 0 amide bonds. The fourth-order valence-corrected chi connectivity index (χ4v) is 3.61. The van der Waals surface area contributed by atoms with Gasteiger partial charge < -0.3 is 5.73 Å². The summed E-state index contributed by atoms with van der Waals surface area (Å²) >= 11 is 0. The summed E-state index contributed by atoms with van der Waals surface area (Å²) < 4.78 is 0. The lowest BCUT2D eigenvalue weighted by Crippen LogP contribution is -2.34. The minimum absolute atomic E-state index is 0.356. The third-order valence-corrected chi connectivity index (χ3v) is 5.02. The highest BCUT2D eigenvalue weighted by Gasteiger charge is 2.23. The second-order valence-electron chi connectivity index (χ2n) is 6.63. The first-order valence-corrected chi connectivity index (χ1v) is 8.01. The molecule has 1 aromatic rings. The molecule has 1 fully saturated rings. The molecule has 0 aromatic heterocycles. The van der Waals surface area contributed by atoms with Crippen molar-refractivity contribution < 1.29 is 0 Å². The van der Waals surface area contributed by atoms with Gasteiger partial charge >= 0.3 is 0 Å². The predicted molar refractivity (Wildman–Crippen MR) is 87.0 cm³/mol. The minimum Gasteiger partial charge on any atom is -0.329 e. The molecular formula is C18H30N2. The first-order valence-electron chi connectivity index (χ1n) is 8.01. The summed E-state index contributed by atoms with van der Waals surface area (Å²) in [6.07, 6.45) is 5.62. The highest BCUT2D eigenvalue weighted by atomic mass is 15.1. The van der Waals surface area contributed by atoms with Gasteiger partial charge in [-0.25, -0.2) is 0 Å². The molecule has 1 unspecified atom stereocenters. The van der Waals surface area contributed by atoms with Crippen molar-refractivity contribution in [2.24, 2.45) is 11.7 Å². The first kappa shape index (κ1) is 15.5. The van der Waals surface area contributed by atoms with Gasteiger partial charge in [0.25, 0.3) is 0 Å². The van der Waals surface area contributed by atoms with Crippen molar-refractivity contribution in [3.63, 3.8) is 0 Å². The lowest BCUT2D eigenvalue weighted by Gasteiger charge is -2.31. The van der Waals surface area contributed by atoms with Crippen molar-refractivity contribution in [3.05, 3.63) is 34.4 Å². The van der Waals surface area contributed by atoms with E-state index < -0.39 is 0 Å². The number of benzene rings is 1. The van der Waals surface area contributed by atoms with Crippen LogP contribution in [-0.2, 0) is 0 Å². The van der Waals surface area contributed by atoms with E-state index >= 15 is 0 Å². The lowest BCUT2D eigenvalue weighted by molar-refractivity contribution is 0.212. The smallest absolute Gasteiger partial charge is 0.0470 e. The van der Waals surface area contributed by atoms with E-state index in [0.29, 0.717) is 12.6 Å². The fraction of sp³-hybridized carbons (Fsp3) is 0.667. The molecule has 0 spiro atoms. The number of likely N-dealkylation sites (N-methyl/N-ethyl adjacent to an activating group) is 1. The van der Waals surface area contributed by atoms with Crippen LogP contribution in [0.25, 0.3) is 0 Å². The van der Waals surface area contributed by atoms with Crippen LogP contribution in [0.15, 0.2) is 12.1 Å². The van der Waals surface area contributed by atoms with Gasteiger partial charge in [0.1, 0.15) is 0 Å². The molecule has 20 heavy (non-hydrogen) atoms. The Morgan fingerprint density at radius 2 is 1.70 bits per heavy atom. The van der Waals surface area contributed by atoms with E-state index in [9.17, 15) is 0 Å². The predicted octanol–water partition coefficient (Wildman–Crippen LogP) is 3.73. The number of hydrogen-bond donors (Lipinski definition) is 1. The third kappa shape index (κ3) is 3.42. The Balaban J connectivity index is 2.16. The second-order valence-corrected chi connectivity index (χ2v) is 6.63. The Morgan fingerprint density at radius 1 is 1.10 bits per heavy atom. The molecule has 0 radical (unpaired) electrons. The van der Waals surface area contributed by atoms with Crippen LogP contribution in [0.5, 0.6) is 0 Å². The normalized spacial score (nSPS) is 17.9. The van der Waals surface area contributed by atoms with Gasteiger partial charge in [0.15, 0.2) is 0 Å². The van der Waals surface area contributed by atoms with Gasteiger partial charge in [-0.15, -0.1) is 0 Å². The monoisotopic (exact) mass is 274 g/mol. The molecule has 1 aromatic carbocycles. The highest BCUT2D eigenvalue weighted by molar-refractivity contribution is 5.38. The van der Waals surface area contributed by atoms with Crippen molar-refractivity contribution in [2.45, 2.75) is 52.5 Å². The average molecular weight is 274 g/mol. The Kier molecular flexibility index (Phi) is 5.22. The zero-order chi connectivity index (χ0) is 14.7. The van der Waals surface area contributed by atoms with Crippen LogP contribution >= 0.6 is 0 Å². The maximum Gasteiger partial charge on any atom is 0.0470 e. The van der Waals surface area contributed by atoms with Crippen molar-refractivity contribution >= 4 is 0 Å². The molecule has 0 aliphatic heterocycles. The molecule has 2 nitrogen and oxygen atoms in total. The highest BCUT2D eigenvalue weighted by Crippen LogP contribution is 2.30. The number of hydrogen-bond acceptors (Lipinski definition) is 2. The first-order chi connectivity index (χ1) is 9.52. The Labute approximate surface area is 124 Å². The Bertz CT molecular complexity index is 447. The molecule has 2 heteroatoms. The zero-order valence-corrected chi connectivity index (χ0v) is 13.6. The van der Waals surface area contributed by atoms with Crippen LogP contribution < -0.4 is 5.73 Å². The van der Waals surface area contributed by atoms with Crippen LogP contribution in [0.1, 0.15) is 54.0 Å². The molecule has 0 bridgehead atoms. The van der Waals surface area contributed by atoms with Crippen LogP contribution in [-0.4, -0.2) is 25.0 Å². The molecular weight excluding hydrogens is 244 g/mol. The van der Waals surface area contributed by atoms with Gasteiger partial charge in [-0.3, -0.25) is 4.90 Å². The van der Waals surface area contributed by atoms with Gasteiger partial charge in [0, 0.05) is 19.1 Å². The summed E-state index contributed by atoms with van der Waals surface area (Å²) in [5, 5.41) is 0. The van der Waals surface area contributed by atoms with Crippen molar-refractivity contribution in [1.29, 1.82) is 0 Å². The largest absolute Gasteiger partial charge is 0.329 e. The van der Waals surface area contributed by atoms with E-state index in [0.717, 1.165) is 5.92 Å². The van der Waals surface area contributed by atoms with E-state index in [1.165, 1.54) is 54.5 Å². The summed E-state index contributed by atoms with van der Waals surface area (Å²) in [5.41, 5.74) is 11.6. The molecule has 1 atom stereocenters. The number of nitrogens with zero attached hydrogens (tertiary/aromatic N) is 1. The number of rotatable bonds is 5. The van der Waals surface area contributed by atoms with Crippen molar-refractivity contribution in [3.8, 4) is 0 Å². The maximum atomic E-state index is 6.10. The van der Waals surface area contributed by atoms with Crippen molar-refractivity contribution in [1.82, 2.24) is 4.90 Å². The van der Waals surface area contributed by atoms with E-state index in [4.69, 9.17) is 5.73 Å². The van der Waals surface area contributed by atoms with E-state index in [1.807, 2.05) is 0 Å². The quantitative estimate of drug-likeness (QED) is 0.886. The van der Waals surface area contributed by atoms with E-state index in [1.54, 1.807) is 0 Å². The lowest BCUT2D eigenvalue weighted by atomic mass is 9.94. The molecule has 1 aliphatic rings. The fourth-order valence-electron chi connectivity index (χ4n) is 3.61. The Morgan fingerprint density at radius 3 is 2.30 bits per heavy atom. The van der Waals surface area contributed by atoms with Gasteiger partial charge in [-0.1, -0.05) is 25.0 Å². The topological polar surface area (TPSA) is 29.3 Å². The second kappa shape index (κ2) is 6.73. The summed E-state index contributed by atoms with van der Waals surface area (Å²) in [6.45, 7) is 8.49. The zero-order valence-electron chi connectivity index (χ0n) is 13.6. The average Bonchev–Trinajstić information content (AvgIpc) is 2.89. The van der Waals surface area contributed by atoms with Crippen LogP contribution in [0.4, 0.5) is 0 Å². The number of aryl methyl sites for hydroxylation is 3. The summed E-state index contributed by atoms with van der Waals surface area (Å²) in [4.78, 5) is 2.48. The third-order valence-electron chi connectivity index (χ3n) is 5.02. The molecule has 2 N–H and O–H groups in total. The Hall–Kier alpha value is -0.860. The van der Waals surface area contributed by atoms with Crippen LogP contribution in [0, 0.1) is 26.7 Å². The van der Waals surface area contributed by atoms with Crippen molar-refractivity contribution in [2.75, 3.05) is 20.1 Å². The van der Waals surface area contributed by atoms with Gasteiger partial charge in [0.05, 0.1) is 0 Å². The van der Waals surface area contributed by atoms with Crippen LogP contribution in [0.3, 0.4) is 0 Å². The number of nitrogens with two attached hydrogens (primary N) is 1. The molecule has 0 heterocycles. The van der Waals surface area contributed by atoms with Gasteiger partial charge in [0.2, 0.25) is 0 Å². The molecule has 1 aliphatic carbocycles. The molecule has 0 saturated heterocycles. The molecule has 2 rings (SSSR count). The van der Waals surface area contributed by atoms with Gasteiger partial charge in [-0.2, -0.15) is 0 Å². The minimum atomic E-state index is 0.356. The SMILES string of the molecule is Cc1cc(C)c(C(CN)N(C)CC2CCCC2)cc1C. The van der Waals surface area contributed by atoms with Crippen LogP contribution in [0.2, 0.25) is 0 Å².